The highest BCUT2D eigenvalue weighted by atomic mass is 79.9. The zero-order valence-corrected chi connectivity index (χ0v) is 14.5. The maximum Gasteiger partial charge on any atom is 0.173 e. The van der Waals surface area contributed by atoms with Gasteiger partial charge in [-0.1, -0.05) is 69.6 Å². The molecule has 0 N–H and O–H groups in total. The van der Waals surface area contributed by atoms with Gasteiger partial charge in [0.25, 0.3) is 0 Å². The molecule has 1 rings (SSSR count). The number of ketones is 1. The van der Waals surface area contributed by atoms with Crippen molar-refractivity contribution < 1.29 is 4.79 Å². The third-order valence-corrected chi connectivity index (χ3v) is 4.04. The Kier molecular flexibility index (Phi) is 5.79. The lowest BCUT2D eigenvalue weighted by Gasteiger charge is -2.21. The number of benzene rings is 1. The Labute approximate surface area is 125 Å². The third-order valence-electron chi connectivity index (χ3n) is 3.53. The topological polar surface area (TPSA) is 17.1 Å². The van der Waals surface area contributed by atoms with E-state index < -0.39 is 0 Å². The summed E-state index contributed by atoms with van der Waals surface area (Å²) in [5, 5.41) is 0.396. The molecule has 1 nitrogen and oxygen atoms in total. The van der Waals surface area contributed by atoms with Crippen LogP contribution in [0.2, 0.25) is 0 Å². The van der Waals surface area contributed by atoms with Gasteiger partial charge in [-0.2, -0.15) is 0 Å². The monoisotopic (exact) mass is 324 g/mol. The Morgan fingerprint density at radius 3 is 1.63 bits per heavy atom. The normalized spacial score (nSPS) is 11.7. The number of hydrogen-bond acceptors (Lipinski definition) is 1. The Balaban J connectivity index is 3.60. The zero-order chi connectivity index (χ0) is 14.7. The SMILES string of the molecule is CC(C)c1cc(C(C)C)c(C(=O)CBr)c(C(C)C)c1. The summed E-state index contributed by atoms with van der Waals surface area (Å²) >= 11 is 3.32. The lowest BCUT2D eigenvalue weighted by Crippen LogP contribution is -2.13. The second kappa shape index (κ2) is 6.69. The highest BCUT2D eigenvalue weighted by Gasteiger charge is 2.21. The first-order valence-corrected chi connectivity index (χ1v) is 8.18. The molecule has 0 aliphatic heterocycles. The molecule has 106 valence electrons. The van der Waals surface area contributed by atoms with E-state index in [1.165, 1.54) is 16.7 Å². The van der Waals surface area contributed by atoms with E-state index in [-0.39, 0.29) is 5.78 Å². The molecule has 0 saturated heterocycles. The quantitative estimate of drug-likeness (QED) is 0.506. The van der Waals surface area contributed by atoms with Crippen molar-refractivity contribution >= 4 is 21.7 Å². The number of rotatable bonds is 5. The van der Waals surface area contributed by atoms with Crippen LogP contribution < -0.4 is 0 Å². The molecule has 0 amide bonds. The summed E-state index contributed by atoms with van der Waals surface area (Å²) in [6.07, 6.45) is 0. The Morgan fingerprint density at radius 1 is 0.947 bits per heavy atom. The average Bonchev–Trinajstić information content (AvgIpc) is 2.35. The van der Waals surface area contributed by atoms with E-state index in [0.717, 1.165) is 5.56 Å². The first kappa shape index (κ1) is 16.4. The standard InChI is InChI=1S/C17H25BrO/c1-10(2)13-7-14(11(3)4)17(16(19)9-18)15(8-13)12(5)6/h7-8,10-12H,9H2,1-6H3. The van der Waals surface area contributed by atoms with Crippen molar-refractivity contribution in [2.45, 2.75) is 59.3 Å². The van der Waals surface area contributed by atoms with Crippen LogP contribution in [0.3, 0.4) is 0 Å². The summed E-state index contributed by atoms with van der Waals surface area (Å²) in [4.78, 5) is 12.3. The van der Waals surface area contributed by atoms with Crippen LogP contribution in [-0.2, 0) is 0 Å². The molecule has 0 saturated carbocycles. The third kappa shape index (κ3) is 3.68. The molecule has 2 heteroatoms. The number of alkyl halides is 1. The number of hydrogen-bond donors (Lipinski definition) is 0. The van der Waals surface area contributed by atoms with Crippen molar-refractivity contribution in [3.05, 3.63) is 34.4 Å². The smallest absolute Gasteiger partial charge is 0.173 e. The fourth-order valence-electron chi connectivity index (χ4n) is 2.34. The summed E-state index contributed by atoms with van der Waals surface area (Å²) in [5.74, 6) is 1.43. The van der Waals surface area contributed by atoms with Gasteiger partial charge >= 0.3 is 0 Å². The van der Waals surface area contributed by atoms with Gasteiger partial charge in [-0.15, -0.1) is 0 Å². The van der Waals surface area contributed by atoms with Crippen molar-refractivity contribution in [2.24, 2.45) is 0 Å². The molecule has 1 aromatic carbocycles. The first-order chi connectivity index (χ1) is 8.79. The van der Waals surface area contributed by atoms with E-state index in [0.29, 0.717) is 23.1 Å². The lowest BCUT2D eigenvalue weighted by molar-refractivity contribution is 0.102. The van der Waals surface area contributed by atoms with E-state index in [9.17, 15) is 4.79 Å². The van der Waals surface area contributed by atoms with Gasteiger partial charge in [0, 0.05) is 5.56 Å². The predicted molar refractivity (Wildman–Crippen MR) is 86.8 cm³/mol. The Hall–Kier alpha value is -0.630. The molecule has 0 bridgehead atoms. The number of carbonyl (C=O) groups excluding carboxylic acids is 1. The number of carbonyl (C=O) groups is 1. The van der Waals surface area contributed by atoms with Gasteiger partial charge in [-0.3, -0.25) is 4.79 Å². The van der Waals surface area contributed by atoms with Gasteiger partial charge in [0.2, 0.25) is 0 Å². The van der Waals surface area contributed by atoms with Crippen molar-refractivity contribution in [1.82, 2.24) is 0 Å². The highest BCUT2D eigenvalue weighted by Crippen LogP contribution is 2.32. The van der Waals surface area contributed by atoms with Crippen LogP contribution in [0.5, 0.6) is 0 Å². The number of Topliss-reactive ketones (excluding diaryl/α,β-unsaturated/α-hetero) is 1. The van der Waals surface area contributed by atoms with Crippen molar-refractivity contribution in [2.75, 3.05) is 5.33 Å². The molecule has 1 aromatic rings. The van der Waals surface area contributed by atoms with Crippen LogP contribution in [0.15, 0.2) is 12.1 Å². The van der Waals surface area contributed by atoms with Crippen molar-refractivity contribution in [3.63, 3.8) is 0 Å². The molecule has 0 aliphatic carbocycles. The van der Waals surface area contributed by atoms with E-state index in [4.69, 9.17) is 0 Å². The van der Waals surface area contributed by atoms with E-state index in [1.807, 2.05) is 0 Å². The van der Waals surface area contributed by atoms with E-state index in [1.54, 1.807) is 0 Å². The molecule has 0 aliphatic rings. The summed E-state index contributed by atoms with van der Waals surface area (Å²) in [5.41, 5.74) is 4.66. The Morgan fingerprint density at radius 2 is 1.37 bits per heavy atom. The molecular formula is C17H25BrO. The van der Waals surface area contributed by atoms with Crippen molar-refractivity contribution in [1.29, 1.82) is 0 Å². The van der Waals surface area contributed by atoms with Crippen LogP contribution in [0.4, 0.5) is 0 Å². The highest BCUT2D eigenvalue weighted by molar-refractivity contribution is 9.09. The van der Waals surface area contributed by atoms with E-state index in [2.05, 4.69) is 69.6 Å². The molecule has 0 aromatic heterocycles. The number of halogens is 1. The van der Waals surface area contributed by atoms with E-state index >= 15 is 0 Å². The summed E-state index contributed by atoms with van der Waals surface area (Å²) in [6.45, 7) is 13.1. The van der Waals surface area contributed by atoms with Gasteiger partial charge < -0.3 is 0 Å². The molecular weight excluding hydrogens is 300 g/mol. The molecule has 0 heterocycles. The van der Waals surface area contributed by atoms with Gasteiger partial charge in [-0.25, -0.2) is 0 Å². The summed E-state index contributed by atoms with van der Waals surface area (Å²) in [6, 6.07) is 4.44. The van der Waals surface area contributed by atoms with Gasteiger partial charge in [0.05, 0.1) is 5.33 Å². The fourth-order valence-corrected chi connectivity index (χ4v) is 2.62. The minimum Gasteiger partial charge on any atom is -0.293 e. The molecule has 0 fully saturated rings. The van der Waals surface area contributed by atoms with Crippen molar-refractivity contribution in [3.8, 4) is 0 Å². The van der Waals surface area contributed by atoms with Crippen LogP contribution in [0.1, 0.15) is 86.3 Å². The largest absolute Gasteiger partial charge is 0.293 e. The Bertz CT molecular complexity index is 429. The lowest BCUT2D eigenvalue weighted by atomic mass is 9.83. The summed E-state index contributed by atoms with van der Waals surface area (Å²) in [7, 11) is 0. The second-order valence-electron chi connectivity index (χ2n) is 6.10. The van der Waals surface area contributed by atoms with Gasteiger partial charge in [-0.05, 0) is 34.4 Å². The van der Waals surface area contributed by atoms with Crippen LogP contribution in [0, 0.1) is 0 Å². The minimum atomic E-state index is 0.197. The molecule has 19 heavy (non-hydrogen) atoms. The predicted octanol–water partition coefficient (Wildman–Crippen LogP) is 5.63. The van der Waals surface area contributed by atoms with Gasteiger partial charge in [0.15, 0.2) is 5.78 Å². The first-order valence-electron chi connectivity index (χ1n) is 7.06. The fraction of sp³-hybridized carbons (Fsp3) is 0.588. The maximum atomic E-state index is 12.3. The molecule has 0 unspecified atom stereocenters. The van der Waals surface area contributed by atoms with Gasteiger partial charge in [0.1, 0.15) is 0 Å². The summed E-state index contributed by atoms with van der Waals surface area (Å²) < 4.78 is 0. The minimum absolute atomic E-state index is 0.197. The molecule has 0 spiro atoms. The maximum absolute atomic E-state index is 12.3. The average molecular weight is 325 g/mol. The van der Waals surface area contributed by atoms with Crippen LogP contribution in [0.25, 0.3) is 0 Å². The van der Waals surface area contributed by atoms with Crippen LogP contribution in [-0.4, -0.2) is 11.1 Å². The zero-order valence-electron chi connectivity index (χ0n) is 12.9. The second-order valence-corrected chi connectivity index (χ2v) is 6.66. The molecule has 0 atom stereocenters. The molecule has 0 radical (unpaired) electrons. The van der Waals surface area contributed by atoms with Crippen LogP contribution >= 0.6 is 15.9 Å².